The number of hydrogen-bond acceptors (Lipinski definition) is 2. The van der Waals surface area contributed by atoms with E-state index < -0.39 is 0 Å². The van der Waals surface area contributed by atoms with Crippen LogP contribution in [0.1, 0.15) is 18.4 Å². The summed E-state index contributed by atoms with van der Waals surface area (Å²) in [5, 5.41) is 0.640. The molecular weight excluding hydrogens is 197 g/mol. The number of carbonyl (C=O) groups excluding carboxylic acids is 1. The Labute approximate surface area is 80.5 Å². The Morgan fingerprint density at radius 3 is 2.75 bits per heavy atom. The number of carbonyl (C=O) groups is 1. The molecule has 4 heteroatoms. The first kappa shape index (κ1) is 9.49. The summed E-state index contributed by atoms with van der Waals surface area (Å²) in [6, 6.07) is 1.65. The summed E-state index contributed by atoms with van der Waals surface area (Å²) in [5.41, 5.74) is 0.777. The SMILES string of the molecule is CC(C=O)c1cnc(Cl)c(Cl)c1. The van der Waals surface area contributed by atoms with Gasteiger partial charge in [-0.05, 0) is 11.6 Å². The first-order valence-electron chi connectivity index (χ1n) is 3.41. The van der Waals surface area contributed by atoms with Gasteiger partial charge in [0, 0.05) is 12.1 Å². The molecule has 12 heavy (non-hydrogen) atoms. The molecule has 0 aromatic carbocycles. The predicted octanol–water partition coefficient (Wildman–Crippen LogP) is 2.69. The second-order valence-corrected chi connectivity index (χ2v) is 3.23. The normalized spacial score (nSPS) is 12.6. The molecule has 1 unspecified atom stereocenters. The summed E-state index contributed by atoms with van der Waals surface area (Å²) >= 11 is 11.3. The summed E-state index contributed by atoms with van der Waals surface area (Å²) < 4.78 is 0. The Kier molecular flexibility index (Phi) is 3.06. The molecule has 0 bridgehead atoms. The van der Waals surface area contributed by atoms with Gasteiger partial charge in [-0.2, -0.15) is 0 Å². The van der Waals surface area contributed by atoms with E-state index in [0.29, 0.717) is 5.02 Å². The van der Waals surface area contributed by atoms with Crippen LogP contribution in [0.15, 0.2) is 12.3 Å². The molecule has 1 heterocycles. The third-order valence-corrected chi connectivity index (χ3v) is 2.23. The topological polar surface area (TPSA) is 30.0 Å². The fraction of sp³-hybridized carbons (Fsp3) is 0.250. The van der Waals surface area contributed by atoms with Crippen molar-refractivity contribution in [1.29, 1.82) is 0 Å². The summed E-state index contributed by atoms with van der Waals surface area (Å²) in [7, 11) is 0. The molecule has 1 aromatic rings. The molecule has 1 aromatic heterocycles. The Bertz CT molecular complexity index is 301. The highest BCUT2D eigenvalue weighted by Gasteiger charge is 2.06. The van der Waals surface area contributed by atoms with Crippen molar-refractivity contribution in [3.63, 3.8) is 0 Å². The van der Waals surface area contributed by atoms with E-state index in [1.54, 1.807) is 19.2 Å². The van der Waals surface area contributed by atoms with Crippen LogP contribution in [0.5, 0.6) is 0 Å². The van der Waals surface area contributed by atoms with Crippen molar-refractivity contribution in [2.75, 3.05) is 0 Å². The molecule has 0 amide bonds. The van der Waals surface area contributed by atoms with Crippen LogP contribution in [0.4, 0.5) is 0 Å². The molecule has 1 rings (SSSR count). The second kappa shape index (κ2) is 3.87. The largest absolute Gasteiger partial charge is 0.303 e. The van der Waals surface area contributed by atoms with Crippen LogP contribution in [0, 0.1) is 0 Å². The van der Waals surface area contributed by atoms with Crippen molar-refractivity contribution in [2.45, 2.75) is 12.8 Å². The highest BCUT2D eigenvalue weighted by Crippen LogP contribution is 2.22. The smallest absolute Gasteiger partial charge is 0.147 e. The third-order valence-electron chi connectivity index (χ3n) is 1.55. The van der Waals surface area contributed by atoms with Gasteiger partial charge in [0.25, 0.3) is 0 Å². The van der Waals surface area contributed by atoms with Gasteiger partial charge < -0.3 is 4.79 Å². The molecule has 0 aliphatic heterocycles. The van der Waals surface area contributed by atoms with Gasteiger partial charge in [0.15, 0.2) is 0 Å². The van der Waals surface area contributed by atoms with E-state index in [1.807, 2.05) is 0 Å². The zero-order chi connectivity index (χ0) is 9.14. The van der Waals surface area contributed by atoms with Crippen LogP contribution < -0.4 is 0 Å². The zero-order valence-corrected chi connectivity index (χ0v) is 7.93. The average molecular weight is 204 g/mol. The number of nitrogens with zero attached hydrogens (tertiary/aromatic N) is 1. The lowest BCUT2D eigenvalue weighted by Gasteiger charge is -2.03. The number of aromatic nitrogens is 1. The van der Waals surface area contributed by atoms with Gasteiger partial charge in [-0.15, -0.1) is 0 Å². The van der Waals surface area contributed by atoms with Crippen molar-refractivity contribution in [3.8, 4) is 0 Å². The fourth-order valence-electron chi connectivity index (χ4n) is 0.764. The van der Waals surface area contributed by atoms with Gasteiger partial charge in [-0.1, -0.05) is 30.1 Å². The fourth-order valence-corrected chi connectivity index (χ4v) is 1.04. The van der Waals surface area contributed by atoms with Gasteiger partial charge >= 0.3 is 0 Å². The van der Waals surface area contributed by atoms with E-state index in [2.05, 4.69) is 4.98 Å². The van der Waals surface area contributed by atoms with Gasteiger partial charge in [-0.25, -0.2) is 4.98 Å². The van der Waals surface area contributed by atoms with Gasteiger partial charge in [0.2, 0.25) is 0 Å². The zero-order valence-electron chi connectivity index (χ0n) is 6.42. The maximum Gasteiger partial charge on any atom is 0.147 e. The highest BCUT2D eigenvalue weighted by atomic mass is 35.5. The first-order chi connectivity index (χ1) is 5.65. The molecule has 1 atom stereocenters. The first-order valence-corrected chi connectivity index (χ1v) is 4.17. The van der Waals surface area contributed by atoms with Crippen molar-refractivity contribution in [1.82, 2.24) is 4.98 Å². The minimum Gasteiger partial charge on any atom is -0.303 e. The summed E-state index contributed by atoms with van der Waals surface area (Å²) in [4.78, 5) is 14.2. The quantitative estimate of drug-likeness (QED) is 0.547. The van der Waals surface area contributed by atoms with Crippen molar-refractivity contribution in [2.24, 2.45) is 0 Å². The standard InChI is InChI=1S/C8H7Cl2NO/c1-5(4-12)6-2-7(9)8(10)11-3-6/h2-5H,1H3. The van der Waals surface area contributed by atoms with Crippen LogP contribution in [0.3, 0.4) is 0 Å². The second-order valence-electron chi connectivity index (χ2n) is 2.47. The van der Waals surface area contributed by atoms with Crippen molar-refractivity contribution in [3.05, 3.63) is 28.0 Å². The Morgan fingerprint density at radius 2 is 2.25 bits per heavy atom. The van der Waals surface area contributed by atoms with Crippen LogP contribution in [-0.2, 0) is 4.79 Å². The Hall–Kier alpha value is -0.600. The van der Waals surface area contributed by atoms with Gasteiger partial charge in [0.05, 0.1) is 5.02 Å². The summed E-state index contributed by atoms with van der Waals surface area (Å²) in [5.74, 6) is -0.188. The monoisotopic (exact) mass is 203 g/mol. The molecular formula is C8H7Cl2NO. The average Bonchev–Trinajstić information content (AvgIpc) is 2.08. The van der Waals surface area contributed by atoms with Gasteiger partial charge in [-0.3, -0.25) is 0 Å². The van der Waals surface area contributed by atoms with Gasteiger partial charge in [0.1, 0.15) is 11.4 Å². The van der Waals surface area contributed by atoms with Crippen molar-refractivity contribution < 1.29 is 4.79 Å². The predicted molar refractivity (Wildman–Crippen MR) is 48.7 cm³/mol. The van der Waals surface area contributed by atoms with E-state index in [-0.39, 0.29) is 11.1 Å². The van der Waals surface area contributed by atoms with E-state index in [1.165, 1.54) is 0 Å². The molecule has 0 radical (unpaired) electrons. The van der Waals surface area contributed by atoms with Crippen molar-refractivity contribution >= 4 is 29.5 Å². The number of rotatable bonds is 2. The molecule has 0 spiro atoms. The highest BCUT2D eigenvalue weighted by molar-refractivity contribution is 6.41. The lowest BCUT2D eigenvalue weighted by atomic mass is 10.1. The summed E-state index contributed by atoms with van der Waals surface area (Å²) in [6.07, 6.45) is 2.38. The minimum absolute atomic E-state index is 0.188. The maximum absolute atomic E-state index is 10.4. The molecule has 0 aliphatic carbocycles. The molecule has 0 N–H and O–H groups in total. The minimum atomic E-state index is -0.188. The van der Waals surface area contributed by atoms with E-state index >= 15 is 0 Å². The lowest BCUT2D eigenvalue weighted by molar-refractivity contribution is -0.108. The number of halogens is 2. The molecule has 0 aliphatic rings. The van der Waals surface area contributed by atoms with E-state index in [0.717, 1.165) is 11.8 Å². The number of aldehydes is 1. The third kappa shape index (κ3) is 1.96. The number of pyridine rings is 1. The van der Waals surface area contributed by atoms with E-state index in [4.69, 9.17) is 23.2 Å². The lowest BCUT2D eigenvalue weighted by Crippen LogP contribution is -1.95. The summed E-state index contributed by atoms with van der Waals surface area (Å²) in [6.45, 7) is 1.77. The number of hydrogen-bond donors (Lipinski definition) is 0. The Morgan fingerprint density at radius 1 is 1.58 bits per heavy atom. The van der Waals surface area contributed by atoms with Crippen LogP contribution in [0.2, 0.25) is 10.2 Å². The molecule has 0 fully saturated rings. The molecule has 0 saturated heterocycles. The maximum atomic E-state index is 10.4. The van der Waals surface area contributed by atoms with Crippen LogP contribution in [-0.4, -0.2) is 11.3 Å². The van der Waals surface area contributed by atoms with Crippen LogP contribution >= 0.6 is 23.2 Å². The van der Waals surface area contributed by atoms with E-state index in [9.17, 15) is 4.79 Å². The molecule has 2 nitrogen and oxygen atoms in total. The van der Waals surface area contributed by atoms with Crippen LogP contribution in [0.25, 0.3) is 0 Å². The Balaban J connectivity index is 3.04. The molecule has 0 saturated carbocycles. The molecule has 64 valence electrons.